The zero-order chi connectivity index (χ0) is 22.8. The number of anilines is 1. The van der Waals surface area contributed by atoms with E-state index in [0.717, 1.165) is 36.9 Å². The minimum Gasteiger partial charge on any atom is -0.493 e. The van der Waals surface area contributed by atoms with Crippen LogP contribution in [-0.4, -0.2) is 56.4 Å². The van der Waals surface area contributed by atoms with E-state index in [1.54, 1.807) is 14.2 Å². The minimum absolute atomic E-state index is 0.193. The maximum atomic E-state index is 12.6. The number of amidine groups is 1. The Labute approximate surface area is 197 Å². The van der Waals surface area contributed by atoms with Crippen LogP contribution in [-0.2, 0) is 4.79 Å². The molecule has 1 saturated heterocycles. The number of rotatable bonds is 4. The average Bonchev–Trinajstić information content (AvgIpc) is 3.23. The van der Waals surface area contributed by atoms with E-state index in [1.165, 1.54) is 28.2 Å². The number of benzene rings is 3. The van der Waals surface area contributed by atoms with Crippen molar-refractivity contribution in [1.82, 2.24) is 4.90 Å². The maximum absolute atomic E-state index is 12.6. The Morgan fingerprint density at radius 2 is 1.61 bits per heavy atom. The first-order chi connectivity index (χ1) is 16.2. The molecule has 5 rings (SSSR count). The third-order valence-electron chi connectivity index (χ3n) is 5.97. The van der Waals surface area contributed by atoms with Crippen molar-refractivity contribution in [3.8, 4) is 11.5 Å². The molecule has 0 spiro atoms. The Bertz CT molecular complexity index is 1260. The van der Waals surface area contributed by atoms with Crippen LogP contribution in [0.25, 0.3) is 16.8 Å². The molecule has 6 nitrogen and oxygen atoms in total. The fourth-order valence-corrected chi connectivity index (χ4v) is 5.21. The van der Waals surface area contributed by atoms with E-state index in [2.05, 4.69) is 57.3 Å². The lowest BCUT2D eigenvalue weighted by Gasteiger charge is -2.37. The van der Waals surface area contributed by atoms with Gasteiger partial charge in [-0.15, -0.1) is 0 Å². The van der Waals surface area contributed by atoms with Gasteiger partial charge in [-0.25, -0.2) is 0 Å². The summed E-state index contributed by atoms with van der Waals surface area (Å²) in [5.41, 5.74) is 2.14. The summed E-state index contributed by atoms with van der Waals surface area (Å²) in [4.78, 5) is 22.2. The highest BCUT2D eigenvalue weighted by Gasteiger charge is 2.29. The van der Waals surface area contributed by atoms with Crippen molar-refractivity contribution < 1.29 is 14.3 Å². The lowest BCUT2D eigenvalue weighted by molar-refractivity contribution is -0.113. The van der Waals surface area contributed by atoms with Crippen LogP contribution in [0.2, 0.25) is 0 Å². The van der Waals surface area contributed by atoms with E-state index in [0.29, 0.717) is 16.4 Å². The van der Waals surface area contributed by atoms with Crippen molar-refractivity contribution in [1.29, 1.82) is 0 Å². The lowest BCUT2D eigenvalue weighted by atomic mass is 10.1. The number of hydrogen-bond acceptors (Lipinski definition) is 6. The van der Waals surface area contributed by atoms with E-state index in [4.69, 9.17) is 9.47 Å². The van der Waals surface area contributed by atoms with Gasteiger partial charge in [0.1, 0.15) is 0 Å². The molecule has 2 aliphatic rings. The van der Waals surface area contributed by atoms with Gasteiger partial charge in [0, 0.05) is 37.3 Å². The van der Waals surface area contributed by atoms with Crippen LogP contribution < -0.4 is 14.4 Å². The molecule has 2 aliphatic heterocycles. The highest BCUT2D eigenvalue weighted by atomic mass is 32.2. The van der Waals surface area contributed by atoms with Gasteiger partial charge in [0.2, 0.25) is 0 Å². The number of aliphatic imine (C=N–C) groups is 1. The molecular formula is C26H25N3O3S. The van der Waals surface area contributed by atoms with Gasteiger partial charge in [0.05, 0.1) is 19.1 Å². The molecule has 1 fully saturated rings. The fourth-order valence-electron chi connectivity index (χ4n) is 4.25. The summed E-state index contributed by atoms with van der Waals surface area (Å²) in [6.45, 7) is 3.42. The summed E-state index contributed by atoms with van der Waals surface area (Å²) in [7, 11) is 3.20. The number of methoxy groups -OCH3 is 2. The number of piperazine rings is 1. The van der Waals surface area contributed by atoms with Crippen LogP contribution in [0.15, 0.2) is 70.6 Å². The molecule has 3 aromatic carbocycles. The number of thioether (sulfide) groups is 1. The highest BCUT2D eigenvalue weighted by molar-refractivity contribution is 8.18. The summed E-state index contributed by atoms with van der Waals surface area (Å²) in [5.74, 6) is 1.10. The van der Waals surface area contributed by atoms with Crippen molar-refractivity contribution in [2.45, 2.75) is 0 Å². The van der Waals surface area contributed by atoms with Gasteiger partial charge in [-0.1, -0.05) is 42.5 Å². The van der Waals surface area contributed by atoms with Crippen molar-refractivity contribution in [3.63, 3.8) is 0 Å². The number of nitrogens with zero attached hydrogens (tertiary/aromatic N) is 3. The standard InChI is InChI=1S/C26H25N3O3S/c1-31-22-11-10-18(16-23(22)32-2)17-24-25(30)27-26(33-24)29-14-12-28(13-15-29)21-9-5-7-19-6-3-4-8-20(19)21/h3-11,16-17H,12-15H2,1-2H3. The number of carbonyl (C=O) groups is 1. The van der Waals surface area contributed by atoms with Crippen LogP contribution >= 0.6 is 11.8 Å². The molecule has 33 heavy (non-hydrogen) atoms. The highest BCUT2D eigenvalue weighted by Crippen LogP contribution is 2.34. The fraction of sp³-hybridized carbons (Fsp3) is 0.231. The van der Waals surface area contributed by atoms with Crippen molar-refractivity contribution in [3.05, 3.63) is 71.1 Å². The molecule has 7 heteroatoms. The SMILES string of the molecule is COc1ccc(C=C2SC(N3CCN(c4cccc5ccccc45)CC3)=NC2=O)cc1OC. The average molecular weight is 460 g/mol. The number of hydrogen-bond donors (Lipinski definition) is 0. The number of carbonyl (C=O) groups excluding carboxylic acids is 1. The van der Waals surface area contributed by atoms with Gasteiger partial charge in [0.25, 0.3) is 5.91 Å². The second-order valence-corrected chi connectivity index (χ2v) is 8.91. The van der Waals surface area contributed by atoms with Crippen LogP contribution in [0.4, 0.5) is 5.69 Å². The van der Waals surface area contributed by atoms with Crippen molar-refractivity contribution in [2.75, 3.05) is 45.3 Å². The van der Waals surface area contributed by atoms with E-state index >= 15 is 0 Å². The molecule has 0 unspecified atom stereocenters. The second kappa shape index (κ2) is 9.19. The Morgan fingerprint density at radius 1 is 0.879 bits per heavy atom. The Morgan fingerprint density at radius 3 is 2.39 bits per heavy atom. The smallest absolute Gasteiger partial charge is 0.286 e. The van der Waals surface area contributed by atoms with E-state index < -0.39 is 0 Å². The van der Waals surface area contributed by atoms with E-state index in [1.807, 2.05) is 24.3 Å². The molecule has 0 saturated carbocycles. The summed E-state index contributed by atoms with van der Waals surface area (Å²) in [5, 5.41) is 3.31. The molecule has 1 amide bonds. The predicted molar refractivity (Wildman–Crippen MR) is 135 cm³/mol. The molecule has 0 N–H and O–H groups in total. The van der Waals surface area contributed by atoms with Crippen LogP contribution in [0.3, 0.4) is 0 Å². The number of amides is 1. The van der Waals surface area contributed by atoms with Gasteiger partial charge in [-0.2, -0.15) is 4.99 Å². The van der Waals surface area contributed by atoms with Gasteiger partial charge in [-0.3, -0.25) is 4.79 Å². The minimum atomic E-state index is -0.193. The Kier molecular flexibility index (Phi) is 5.96. The Balaban J connectivity index is 1.27. The molecule has 168 valence electrons. The molecule has 0 bridgehead atoms. The van der Waals surface area contributed by atoms with E-state index in [9.17, 15) is 4.79 Å². The predicted octanol–water partition coefficient (Wildman–Crippen LogP) is 4.65. The molecule has 0 aromatic heterocycles. The zero-order valence-electron chi connectivity index (χ0n) is 18.7. The number of ether oxygens (including phenoxy) is 2. The largest absolute Gasteiger partial charge is 0.493 e. The van der Waals surface area contributed by atoms with Crippen LogP contribution in [0, 0.1) is 0 Å². The normalized spacial score (nSPS) is 17.6. The van der Waals surface area contributed by atoms with Gasteiger partial charge >= 0.3 is 0 Å². The molecule has 0 radical (unpaired) electrons. The zero-order valence-corrected chi connectivity index (χ0v) is 19.5. The van der Waals surface area contributed by atoms with Gasteiger partial charge in [0.15, 0.2) is 16.7 Å². The quantitative estimate of drug-likeness (QED) is 0.530. The Hall–Kier alpha value is -3.45. The third-order valence-corrected chi connectivity index (χ3v) is 7.02. The van der Waals surface area contributed by atoms with Crippen LogP contribution in [0.5, 0.6) is 11.5 Å². The first-order valence-corrected chi connectivity index (χ1v) is 11.7. The van der Waals surface area contributed by atoms with E-state index in [-0.39, 0.29) is 5.91 Å². The van der Waals surface area contributed by atoms with Crippen LogP contribution in [0.1, 0.15) is 5.56 Å². The monoisotopic (exact) mass is 459 g/mol. The molecule has 0 aliphatic carbocycles. The first kappa shape index (κ1) is 21.4. The summed E-state index contributed by atoms with van der Waals surface area (Å²) in [6.07, 6.45) is 1.86. The molecular weight excluding hydrogens is 434 g/mol. The summed E-state index contributed by atoms with van der Waals surface area (Å²) < 4.78 is 10.7. The lowest BCUT2D eigenvalue weighted by Crippen LogP contribution is -2.47. The van der Waals surface area contributed by atoms with Crippen molar-refractivity contribution >= 4 is 45.4 Å². The molecule has 0 atom stereocenters. The topological polar surface area (TPSA) is 54.4 Å². The molecule has 2 heterocycles. The summed E-state index contributed by atoms with van der Waals surface area (Å²) >= 11 is 1.44. The summed E-state index contributed by atoms with van der Waals surface area (Å²) in [6, 6.07) is 20.5. The second-order valence-electron chi connectivity index (χ2n) is 7.90. The van der Waals surface area contributed by atoms with Gasteiger partial charge in [-0.05, 0) is 47.0 Å². The maximum Gasteiger partial charge on any atom is 0.286 e. The van der Waals surface area contributed by atoms with Crippen molar-refractivity contribution in [2.24, 2.45) is 4.99 Å². The number of fused-ring (bicyclic) bond motifs is 1. The van der Waals surface area contributed by atoms with Gasteiger partial charge < -0.3 is 19.3 Å². The first-order valence-electron chi connectivity index (χ1n) is 10.9. The third kappa shape index (κ3) is 4.28. The molecule has 3 aromatic rings.